The summed E-state index contributed by atoms with van der Waals surface area (Å²) in [5.41, 5.74) is 7.41. The first-order chi connectivity index (χ1) is 19.2. The molecule has 0 aromatic heterocycles. The highest BCUT2D eigenvalue weighted by molar-refractivity contribution is 5.84. The lowest BCUT2D eigenvalue weighted by Gasteiger charge is -2.45. The molecule has 0 radical (unpaired) electrons. The molecule has 1 aliphatic heterocycles. The van der Waals surface area contributed by atoms with Crippen molar-refractivity contribution in [2.24, 2.45) is 0 Å². The van der Waals surface area contributed by atoms with Crippen molar-refractivity contribution in [1.29, 1.82) is 0 Å². The fourth-order valence-corrected chi connectivity index (χ4v) is 6.83. The second-order valence-electron chi connectivity index (χ2n) is 11.4. The van der Waals surface area contributed by atoms with E-state index in [4.69, 9.17) is 4.74 Å². The monoisotopic (exact) mass is 509 g/mol. The number of para-hydroxylation sites is 2. The van der Waals surface area contributed by atoms with E-state index in [1.54, 1.807) is 0 Å². The van der Waals surface area contributed by atoms with Gasteiger partial charge >= 0.3 is 0 Å². The van der Waals surface area contributed by atoms with Gasteiger partial charge in [0.2, 0.25) is 0 Å². The summed E-state index contributed by atoms with van der Waals surface area (Å²) < 4.78 is 6.47. The Morgan fingerprint density at radius 1 is 0.795 bits per heavy atom. The van der Waals surface area contributed by atoms with Crippen molar-refractivity contribution in [3.63, 3.8) is 0 Å². The summed E-state index contributed by atoms with van der Waals surface area (Å²) in [6, 6.07) is 37.5. The molecule has 7 rings (SSSR count). The lowest BCUT2D eigenvalue weighted by molar-refractivity contribution is 0.361. The van der Waals surface area contributed by atoms with E-state index in [9.17, 15) is 0 Å². The van der Waals surface area contributed by atoms with E-state index in [0.717, 1.165) is 24.4 Å². The summed E-state index contributed by atoms with van der Waals surface area (Å²) in [7, 11) is 0. The number of fused-ring (bicyclic) bond motifs is 3. The van der Waals surface area contributed by atoms with Crippen LogP contribution in [0.3, 0.4) is 0 Å². The molecule has 4 aromatic carbocycles. The SMILES string of the molecule is CC1(N(c2ccc(C3C=CCCC3)cc2)c2ccccc2-c2ccccc2)C=C2Oc3ccccc3C2CC1. The highest BCUT2D eigenvalue weighted by Gasteiger charge is 2.42. The van der Waals surface area contributed by atoms with Gasteiger partial charge in [0.25, 0.3) is 0 Å². The number of ether oxygens (including phenoxy) is 1. The number of benzene rings is 4. The van der Waals surface area contributed by atoms with E-state index in [2.05, 4.69) is 133 Å². The molecule has 0 amide bonds. The fourth-order valence-electron chi connectivity index (χ4n) is 6.83. The lowest BCUT2D eigenvalue weighted by atomic mass is 9.78. The molecule has 3 aliphatic rings. The van der Waals surface area contributed by atoms with E-state index in [0.29, 0.717) is 11.8 Å². The molecule has 0 N–H and O–H groups in total. The maximum atomic E-state index is 6.47. The first kappa shape index (κ1) is 24.0. The zero-order valence-corrected chi connectivity index (χ0v) is 22.6. The Balaban J connectivity index is 1.35. The summed E-state index contributed by atoms with van der Waals surface area (Å²) in [6.45, 7) is 2.38. The van der Waals surface area contributed by atoms with Crippen molar-refractivity contribution in [2.45, 2.75) is 56.4 Å². The Labute approximate surface area is 232 Å². The Morgan fingerprint density at radius 3 is 2.38 bits per heavy atom. The van der Waals surface area contributed by atoms with E-state index in [1.165, 1.54) is 52.9 Å². The van der Waals surface area contributed by atoms with Gasteiger partial charge < -0.3 is 9.64 Å². The molecular formula is C37H35NO. The van der Waals surface area contributed by atoms with Crippen LogP contribution >= 0.6 is 0 Å². The maximum absolute atomic E-state index is 6.47. The molecule has 2 aliphatic carbocycles. The van der Waals surface area contributed by atoms with Gasteiger partial charge in [-0.1, -0.05) is 91.0 Å². The van der Waals surface area contributed by atoms with Crippen LogP contribution in [0.1, 0.15) is 62.0 Å². The Kier molecular flexibility index (Phi) is 6.12. The molecule has 0 spiro atoms. The van der Waals surface area contributed by atoms with Crippen LogP contribution in [0.25, 0.3) is 11.1 Å². The molecule has 2 heteroatoms. The van der Waals surface area contributed by atoms with Crippen LogP contribution in [0, 0.1) is 0 Å². The minimum absolute atomic E-state index is 0.245. The van der Waals surface area contributed by atoms with Gasteiger partial charge in [-0.2, -0.15) is 0 Å². The van der Waals surface area contributed by atoms with Crippen LogP contribution in [-0.4, -0.2) is 5.54 Å². The van der Waals surface area contributed by atoms with Crippen molar-refractivity contribution in [1.82, 2.24) is 0 Å². The molecule has 3 unspecified atom stereocenters. The highest BCUT2D eigenvalue weighted by Crippen LogP contribution is 2.51. The zero-order chi connectivity index (χ0) is 26.2. The molecule has 3 atom stereocenters. The quantitative estimate of drug-likeness (QED) is 0.248. The predicted molar refractivity (Wildman–Crippen MR) is 162 cm³/mol. The number of hydrogen-bond donors (Lipinski definition) is 0. The van der Waals surface area contributed by atoms with E-state index in [1.807, 2.05) is 0 Å². The molecule has 2 nitrogen and oxygen atoms in total. The molecule has 194 valence electrons. The first-order valence-corrected chi connectivity index (χ1v) is 14.4. The summed E-state index contributed by atoms with van der Waals surface area (Å²) >= 11 is 0. The van der Waals surface area contributed by atoms with E-state index >= 15 is 0 Å². The standard InChI is InChI=1S/C37H35NO/c1-37(25-24-33-32-17-9-11-19-35(32)39-36(33)26-37)38(30-22-20-28(21-23-30)27-12-4-2-5-13-27)34-18-10-8-16-31(34)29-14-6-3-7-15-29/h3-4,6-12,14-23,26-27,33H,2,5,13,24-25H2,1H3. The van der Waals surface area contributed by atoms with Crippen LogP contribution in [0.4, 0.5) is 11.4 Å². The van der Waals surface area contributed by atoms with E-state index in [-0.39, 0.29) is 5.54 Å². The third-order valence-corrected chi connectivity index (χ3v) is 8.83. The number of allylic oxidation sites excluding steroid dienone is 3. The minimum atomic E-state index is -0.245. The zero-order valence-electron chi connectivity index (χ0n) is 22.6. The fraction of sp³-hybridized carbons (Fsp3) is 0.243. The number of nitrogens with zero attached hydrogens (tertiary/aromatic N) is 1. The molecule has 39 heavy (non-hydrogen) atoms. The van der Waals surface area contributed by atoms with Crippen LogP contribution in [0.5, 0.6) is 5.75 Å². The molecule has 0 bridgehead atoms. The molecule has 0 saturated carbocycles. The van der Waals surface area contributed by atoms with Crippen molar-refractivity contribution in [3.8, 4) is 16.9 Å². The summed E-state index contributed by atoms with van der Waals surface area (Å²) in [4.78, 5) is 2.56. The van der Waals surface area contributed by atoms with Crippen molar-refractivity contribution in [3.05, 3.63) is 138 Å². The Bertz CT molecular complexity index is 1530. The maximum Gasteiger partial charge on any atom is 0.130 e. The van der Waals surface area contributed by atoms with Gasteiger partial charge in [0, 0.05) is 34.3 Å². The Morgan fingerprint density at radius 2 is 1.56 bits per heavy atom. The minimum Gasteiger partial charge on any atom is -0.461 e. The van der Waals surface area contributed by atoms with Gasteiger partial charge in [-0.05, 0) is 80.5 Å². The van der Waals surface area contributed by atoms with Gasteiger partial charge in [-0.15, -0.1) is 0 Å². The van der Waals surface area contributed by atoms with Crippen LogP contribution in [0.15, 0.2) is 127 Å². The molecule has 0 saturated heterocycles. The van der Waals surface area contributed by atoms with Gasteiger partial charge in [0.05, 0.1) is 5.54 Å². The van der Waals surface area contributed by atoms with Crippen molar-refractivity contribution < 1.29 is 4.74 Å². The summed E-state index contributed by atoms with van der Waals surface area (Å²) in [6.07, 6.45) is 13.0. The molecule has 0 fully saturated rings. The highest BCUT2D eigenvalue weighted by atomic mass is 16.5. The van der Waals surface area contributed by atoms with Gasteiger partial charge in [-0.3, -0.25) is 0 Å². The van der Waals surface area contributed by atoms with Crippen molar-refractivity contribution in [2.75, 3.05) is 4.90 Å². The third kappa shape index (κ3) is 4.38. The van der Waals surface area contributed by atoms with Gasteiger partial charge in [-0.25, -0.2) is 0 Å². The first-order valence-electron chi connectivity index (χ1n) is 14.4. The van der Waals surface area contributed by atoms with Gasteiger partial charge in [0.15, 0.2) is 0 Å². The summed E-state index contributed by atoms with van der Waals surface area (Å²) in [5, 5.41) is 0. The normalized spacial score (nSPS) is 23.4. The second-order valence-corrected chi connectivity index (χ2v) is 11.4. The predicted octanol–water partition coefficient (Wildman–Crippen LogP) is 9.93. The van der Waals surface area contributed by atoms with E-state index < -0.39 is 0 Å². The van der Waals surface area contributed by atoms with Crippen LogP contribution in [-0.2, 0) is 0 Å². The van der Waals surface area contributed by atoms with Crippen molar-refractivity contribution >= 4 is 11.4 Å². The third-order valence-electron chi connectivity index (χ3n) is 8.83. The number of hydrogen-bond acceptors (Lipinski definition) is 2. The largest absolute Gasteiger partial charge is 0.461 e. The van der Waals surface area contributed by atoms with Crippen LogP contribution in [0.2, 0.25) is 0 Å². The van der Waals surface area contributed by atoms with Crippen LogP contribution < -0.4 is 9.64 Å². The average Bonchev–Trinajstić information content (AvgIpc) is 3.36. The molecule has 4 aromatic rings. The topological polar surface area (TPSA) is 12.5 Å². The molecule has 1 heterocycles. The number of anilines is 2. The Hall–Kier alpha value is -4.04. The average molecular weight is 510 g/mol. The smallest absolute Gasteiger partial charge is 0.130 e. The number of rotatable bonds is 5. The molecular weight excluding hydrogens is 474 g/mol. The second kappa shape index (κ2) is 9.93. The van der Waals surface area contributed by atoms with Gasteiger partial charge in [0.1, 0.15) is 11.5 Å². The summed E-state index contributed by atoms with van der Waals surface area (Å²) in [5.74, 6) is 2.98. The lowest BCUT2D eigenvalue weighted by Crippen LogP contribution is -2.44.